The molecule has 1 aliphatic heterocycles. The number of nitrogens with one attached hydrogen (secondary N) is 2. The summed E-state index contributed by atoms with van der Waals surface area (Å²) in [6, 6.07) is 2.70. The maximum Gasteiger partial charge on any atom is 0.416 e. The number of anilines is 2. The van der Waals surface area contributed by atoms with Crippen molar-refractivity contribution in [2.24, 2.45) is 0 Å². The summed E-state index contributed by atoms with van der Waals surface area (Å²) in [4.78, 5) is 16.3. The number of carbonyl (C=O) groups is 1. The topological polar surface area (TPSA) is 145 Å². The number of aryl methyl sites for hydroxylation is 1. The van der Waals surface area contributed by atoms with Gasteiger partial charge in [-0.25, -0.2) is 4.72 Å². The Hall–Kier alpha value is -2.73. The van der Waals surface area contributed by atoms with Gasteiger partial charge in [-0.2, -0.15) is 47.9 Å². The molecule has 0 atom stereocenters. The van der Waals surface area contributed by atoms with Crippen LogP contribution in [0.1, 0.15) is 35.0 Å². The minimum Gasteiger partial charge on any atom is -0.431 e. The smallest absolute Gasteiger partial charge is 0.416 e. The van der Waals surface area contributed by atoms with Gasteiger partial charge in [0.05, 0.1) is 5.56 Å². The van der Waals surface area contributed by atoms with E-state index in [0.717, 1.165) is 27.0 Å². The molecule has 2 N–H and O–H groups in total. The van der Waals surface area contributed by atoms with Gasteiger partial charge in [0.25, 0.3) is 22.1 Å². The molecule has 0 bridgehead atoms. The maximum atomic E-state index is 13.0. The Morgan fingerprint density at radius 3 is 2.43 bits per heavy atom. The third kappa shape index (κ3) is 6.78. The number of nitrogens with zero attached hydrogens (tertiary/aromatic N) is 4. The van der Waals surface area contributed by atoms with Gasteiger partial charge in [-0.1, -0.05) is 13.0 Å². The van der Waals surface area contributed by atoms with Crippen LogP contribution in [0, 0.1) is 6.92 Å². The number of benzene rings is 1. The quantitative estimate of drug-likeness (QED) is 0.492. The molecule has 1 saturated heterocycles. The molecular weight excluding hydrogens is 541 g/mol. The summed E-state index contributed by atoms with van der Waals surface area (Å²) in [6.07, 6.45) is -3.51. The molecular formula is C20H27F3N6O6S2. The van der Waals surface area contributed by atoms with Gasteiger partial charge in [-0.15, -0.1) is 0 Å². The molecule has 206 valence electrons. The molecule has 1 aromatic heterocycles. The number of carbonyl (C=O) groups excluding carboxylic acids is 1. The lowest BCUT2D eigenvalue weighted by atomic mass is 10.1. The van der Waals surface area contributed by atoms with E-state index < -0.39 is 43.8 Å². The zero-order chi connectivity index (χ0) is 27.6. The van der Waals surface area contributed by atoms with E-state index in [2.05, 4.69) is 10.3 Å². The van der Waals surface area contributed by atoms with Crippen LogP contribution in [0.2, 0.25) is 0 Å². The lowest BCUT2D eigenvalue weighted by molar-refractivity contribution is -0.137. The summed E-state index contributed by atoms with van der Waals surface area (Å²) in [6.45, 7) is 3.28. The molecule has 37 heavy (non-hydrogen) atoms. The van der Waals surface area contributed by atoms with Crippen molar-refractivity contribution in [3.8, 4) is 0 Å². The average Bonchev–Trinajstić information content (AvgIpc) is 3.12. The van der Waals surface area contributed by atoms with Crippen LogP contribution in [0.3, 0.4) is 0 Å². The fourth-order valence-corrected chi connectivity index (χ4v) is 5.97. The summed E-state index contributed by atoms with van der Waals surface area (Å²) >= 11 is 0. The van der Waals surface area contributed by atoms with E-state index in [0.29, 0.717) is 5.56 Å². The summed E-state index contributed by atoms with van der Waals surface area (Å²) < 4.78 is 99.9. The van der Waals surface area contributed by atoms with Crippen LogP contribution in [-0.4, -0.2) is 80.4 Å². The van der Waals surface area contributed by atoms with Gasteiger partial charge in [0.2, 0.25) is 0 Å². The van der Waals surface area contributed by atoms with Gasteiger partial charge >= 0.3 is 16.4 Å². The first-order valence-corrected chi connectivity index (χ1v) is 13.9. The number of hydrogen-bond acceptors (Lipinski definition) is 8. The molecule has 0 radical (unpaired) electrons. The molecule has 1 aliphatic rings. The van der Waals surface area contributed by atoms with E-state index in [1.54, 1.807) is 13.8 Å². The van der Waals surface area contributed by atoms with Crippen LogP contribution < -0.4 is 10.0 Å². The summed E-state index contributed by atoms with van der Waals surface area (Å²) in [7, 11) is -6.68. The molecule has 1 amide bonds. The summed E-state index contributed by atoms with van der Waals surface area (Å²) in [5.41, 5.74) is -0.850. The normalized spacial score (nSPS) is 16.5. The molecule has 0 spiro atoms. The second kappa shape index (κ2) is 10.9. The Balaban J connectivity index is 1.67. The monoisotopic (exact) mass is 568 g/mol. The lowest BCUT2D eigenvalue weighted by Gasteiger charge is -2.25. The van der Waals surface area contributed by atoms with E-state index >= 15 is 0 Å². The summed E-state index contributed by atoms with van der Waals surface area (Å²) in [5.74, 6) is -1.13. The zero-order valence-corrected chi connectivity index (χ0v) is 21.9. The van der Waals surface area contributed by atoms with Crippen molar-refractivity contribution in [3.05, 3.63) is 41.3 Å². The third-order valence-electron chi connectivity index (χ3n) is 5.68. The number of rotatable bonds is 8. The second-order valence-corrected chi connectivity index (χ2v) is 11.9. The Morgan fingerprint density at radius 2 is 1.78 bits per heavy atom. The van der Waals surface area contributed by atoms with Crippen molar-refractivity contribution in [1.29, 1.82) is 0 Å². The van der Waals surface area contributed by atoms with Crippen LogP contribution in [0.4, 0.5) is 24.9 Å². The van der Waals surface area contributed by atoms with E-state index in [4.69, 9.17) is 4.42 Å². The SMILES string of the molecule is CCN(C)S(=O)(=O)N1CCCN(S(=O)(=O)NC(=O)c2coc(Nc3cc(C(F)(F)F)ccc3C)n2)CC1. The Morgan fingerprint density at radius 1 is 1.14 bits per heavy atom. The number of alkyl halides is 3. The maximum absolute atomic E-state index is 13.0. The zero-order valence-electron chi connectivity index (χ0n) is 20.2. The molecule has 2 heterocycles. The number of halogens is 3. The standard InChI is InChI=1S/C20H27F3N6O6S2/c1-4-27(3)37(33,34)29-9-5-8-28(10-11-29)36(31,32)26-18(30)17-13-35-19(25-17)24-16-12-15(20(21,22)23)7-6-14(16)2/h6-7,12-13H,4-5,8-11H2,1-3H3,(H,24,25)(H,26,30). The lowest BCUT2D eigenvalue weighted by Crippen LogP contribution is -2.46. The minimum atomic E-state index is -4.57. The van der Waals surface area contributed by atoms with E-state index in [-0.39, 0.29) is 50.8 Å². The molecule has 17 heteroatoms. The highest BCUT2D eigenvalue weighted by Crippen LogP contribution is 2.33. The summed E-state index contributed by atoms with van der Waals surface area (Å²) in [5, 5.41) is 2.54. The molecule has 0 saturated carbocycles. The Labute approximate surface area is 212 Å². The minimum absolute atomic E-state index is 0.0229. The van der Waals surface area contributed by atoms with Gasteiger partial charge in [0, 0.05) is 45.5 Å². The molecule has 0 unspecified atom stereocenters. The first-order valence-electron chi connectivity index (χ1n) is 11.1. The van der Waals surface area contributed by atoms with Crippen LogP contribution in [0.15, 0.2) is 28.9 Å². The number of oxazole rings is 1. The predicted molar refractivity (Wildman–Crippen MR) is 127 cm³/mol. The van der Waals surface area contributed by atoms with Crippen LogP contribution >= 0.6 is 0 Å². The molecule has 0 aliphatic carbocycles. The highest BCUT2D eigenvalue weighted by Gasteiger charge is 2.33. The van der Waals surface area contributed by atoms with Crippen LogP contribution in [0.5, 0.6) is 0 Å². The van der Waals surface area contributed by atoms with Crippen molar-refractivity contribution in [3.63, 3.8) is 0 Å². The number of hydrogen-bond donors (Lipinski definition) is 2. The Bertz CT molecular complexity index is 1350. The largest absolute Gasteiger partial charge is 0.431 e. The van der Waals surface area contributed by atoms with Gasteiger partial charge in [0.15, 0.2) is 5.69 Å². The van der Waals surface area contributed by atoms with Crippen molar-refractivity contribution in [1.82, 2.24) is 22.6 Å². The highest BCUT2D eigenvalue weighted by molar-refractivity contribution is 7.87. The van der Waals surface area contributed by atoms with Crippen LogP contribution in [-0.2, 0) is 26.6 Å². The van der Waals surface area contributed by atoms with E-state index in [9.17, 15) is 34.8 Å². The van der Waals surface area contributed by atoms with Crippen LogP contribution in [0.25, 0.3) is 0 Å². The van der Waals surface area contributed by atoms with Gasteiger partial charge in [0.1, 0.15) is 6.26 Å². The first kappa shape index (κ1) is 28.8. The molecule has 12 nitrogen and oxygen atoms in total. The molecule has 3 rings (SSSR count). The predicted octanol–water partition coefficient (Wildman–Crippen LogP) is 1.92. The molecule has 1 aromatic carbocycles. The van der Waals surface area contributed by atoms with Crippen molar-refractivity contribution in [2.75, 3.05) is 45.1 Å². The third-order valence-corrected chi connectivity index (χ3v) is 9.24. The molecule has 2 aromatic rings. The highest BCUT2D eigenvalue weighted by atomic mass is 32.2. The van der Waals surface area contributed by atoms with Crippen molar-refractivity contribution < 1.29 is 39.2 Å². The average molecular weight is 569 g/mol. The van der Waals surface area contributed by atoms with Crippen molar-refractivity contribution >= 4 is 38.0 Å². The second-order valence-electron chi connectivity index (χ2n) is 8.20. The fraction of sp³-hybridized carbons (Fsp3) is 0.500. The first-order chi connectivity index (χ1) is 17.1. The number of aromatic nitrogens is 1. The Kier molecular flexibility index (Phi) is 8.53. The van der Waals surface area contributed by atoms with Gasteiger partial charge < -0.3 is 9.73 Å². The number of amides is 1. The van der Waals surface area contributed by atoms with Gasteiger partial charge in [-0.05, 0) is 31.0 Å². The van der Waals surface area contributed by atoms with Gasteiger partial charge in [-0.3, -0.25) is 4.79 Å². The van der Waals surface area contributed by atoms with E-state index in [1.165, 1.54) is 17.4 Å². The van der Waals surface area contributed by atoms with E-state index in [1.807, 2.05) is 4.72 Å². The fourth-order valence-electron chi connectivity index (χ4n) is 3.42. The molecule has 1 fully saturated rings. The van der Waals surface area contributed by atoms with Crippen molar-refractivity contribution in [2.45, 2.75) is 26.4 Å².